The third-order valence-corrected chi connectivity index (χ3v) is 3.84. The second-order valence-electron chi connectivity index (χ2n) is 6.24. The lowest BCUT2D eigenvalue weighted by atomic mass is 10.2. The van der Waals surface area contributed by atoms with Crippen molar-refractivity contribution in [1.29, 1.82) is 0 Å². The van der Waals surface area contributed by atoms with Crippen molar-refractivity contribution in [2.24, 2.45) is 5.92 Å². The Morgan fingerprint density at radius 2 is 1.68 bits per heavy atom. The summed E-state index contributed by atoms with van der Waals surface area (Å²) in [6.07, 6.45) is 3.07. The Balaban J connectivity index is 1.98. The molecular weight excluding hydrogens is 314 g/mol. The van der Waals surface area contributed by atoms with Crippen LogP contribution in [0.15, 0.2) is 36.7 Å². The molecule has 0 saturated heterocycles. The van der Waals surface area contributed by atoms with E-state index in [0.29, 0.717) is 24.0 Å². The van der Waals surface area contributed by atoms with E-state index in [-0.39, 0.29) is 5.91 Å². The number of amides is 1. The van der Waals surface area contributed by atoms with Gasteiger partial charge in [0, 0.05) is 43.4 Å². The number of hydrogen-bond donors (Lipinski definition) is 2. The number of nitrogens with one attached hydrogen (secondary N) is 2. The summed E-state index contributed by atoms with van der Waals surface area (Å²) in [5.41, 5.74) is 2.56. The van der Waals surface area contributed by atoms with Gasteiger partial charge < -0.3 is 15.5 Å². The summed E-state index contributed by atoms with van der Waals surface area (Å²) in [5.74, 6) is 0.727. The Morgan fingerprint density at radius 3 is 2.20 bits per heavy atom. The number of nitrogens with zero attached hydrogens (tertiary/aromatic N) is 3. The zero-order chi connectivity index (χ0) is 18.2. The molecule has 0 aliphatic carbocycles. The van der Waals surface area contributed by atoms with E-state index < -0.39 is 0 Å². The van der Waals surface area contributed by atoms with Gasteiger partial charge in [-0.3, -0.25) is 4.79 Å². The summed E-state index contributed by atoms with van der Waals surface area (Å²) >= 11 is 0. The van der Waals surface area contributed by atoms with E-state index in [9.17, 15) is 4.79 Å². The van der Waals surface area contributed by atoms with Crippen LogP contribution in [0.25, 0.3) is 0 Å². The molecule has 134 valence electrons. The van der Waals surface area contributed by atoms with Crippen LogP contribution in [0.5, 0.6) is 0 Å². The van der Waals surface area contributed by atoms with Crippen molar-refractivity contribution in [2.45, 2.75) is 27.7 Å². The van der Waals surface area contributed by atoms with Gasteiger partial charge in [-0.1, -0.05) is 13.8 Å². The van der Waals surface area contributed by atoms with Gasteiger partial charge in [0.05, 0.1) is 5.56 Å². The second kappa shape index (κ2) is 9.01. The highest BCUT2D eigenvalue weighted by molar-refractivity contribution is 5.93. The Kier molecular flexibility index (Phi) is 6.74. The molecule has 1 amide bonds. The van der Waals surface area contributed by atoms with Gasteiger partial charge in [0.25, 0.3) is 5.91 Å². The minimum atomic E-state index is -0.149. The van der Waals surface area contributed by atoms with Gasteiger partial charge in [-0.15, -0.1) is 0 Å². The molecule has 6 nitrogen and oxygen atoms in total. The van der Waals surface area contributed by atoms with E-state index in [1.54, 1.807) is 0 Å². The van der Waals surface area contributed by atoms with Crippen molar-refractivity contribution < 1.29 is 4.79 Å². The fourth-order valence-electron chi connectivity index (χ4n) is 2.38. The normalized spacial score (nSPS) is 10.6. The highest BCUT2D eigenvalue weighted by atomic mass is 16.1. The number of carbonyl (C=O) groups is 1. The van der Waals surface area contributed by atoms with Crippen LogP contribution in [-0.2, 0) is 0 Å². The first-order valence-electron chi connectivity index (χ1n) is 8.75. The third-order valence-electron chi connectivity index (χ3n) is 3.84. The highest BCUT2D eigenvalue weighted by Gasteiger charge is 2.08. The molecule has 2 N–H and O–H groups in total. The zero-order valence-corrected chi connectivity index (χ0v) is 15.4. The number of benzene rings is 1. The third kappa shape index (κ3) is 5.45. The minimum Gasteiger partial charge on any atom is -0.372 e. The fourth-order valence-corrected chi connectivity index (χ4v) is 2.38. The lowest BCUT2D eigenvalue weighted by molar-refractivity contribution is 0.0948. The number of hydrogen-bond acceptors (Lipinski definition) is 5. The lowest BCUT2D eigenvalue weighted by Gasteiger charge is -2.21. The van der Waals surface area contributed by atoms with Crippen molar-refractivity contribution in [2.75, 3.05) is 29.9 Å². The predicted molar refractivity (Wildman–Crippen MR) is 102 cm³/mol. The van der Waals surface area contributed by atoms with Gasteiger partial charge in [-0.05, 0) is 44.0 Å². The first-order valence-corrected chi connectivity index (χ1v) is 8.75. The molecule has 0 radical (unpaired) electrons. The van der Waals surface area contributed by atoms with E-state index in [1.807, 2.05) is 12.1 Å². The topological polar surface area (TPSA) is 70.2 Å². The molecule has 25 heavy (non-hydrogen) atoms. The number of rotatable bonds is 8. The zero-order valence-electron chi connectivity index (χ0n) is 15.4. The molecule has 0 unspecified atom stereocenters. The van der Waals surface area contributed by atoms with Crippen molar-refractivity contribution >= 4 is 23.2 Å². The Labute approximate surface area is 149 Å². The number of anilines is 3. The number of carbonyl (C=O) groups excluding carboxylic acids is 1. The molecule has 6 heteroatoms. The standard InChI is InChI=1S/C19H27N5O/c1-5-24(6-2)17-9-7-16(8-10-17)23-19-21-12-15(13-22-19)18(25)20-11-14(3)4/h7-10,12-14H,5-6,11H2,1-4H3,(H,20,25)(H,21,22,23). The molecule has 0 saturated carbocycles. The molecule has 0 fully saturated rings. The molecular formula is C19H27N5O. The van der Waals surface area contributed by atoms with Crippen LogP contribution in [0.3, 0.4) is 0 Å². The van der Waals surface area contributed by atoms with Crippen LogP contribution in [0.2, 0.25) is 0 Å². The summed E-state index contributed by atoms with van der Waals surface area (Å²) in [4.78, 5) is 22.7. The van der Waals surface area contributed by atoms with Crippen LogP contribution in [0, 0.1) is 5.92 Å². The van der Waals surface area contributed by atoms with Crippen LogP contribution < -0.4 is 15.5 Å². The first-order chi connectivity index (χ1) is 12.0. The van der Waals surface area contributed by atoms with E-state index in [2.05, 4.69) is 65.3 Å². The SMILES string of the molecule is CCN(CC)c1ccc(Nc2ncc(C(=O)NCC(C)C)cn2)cc1. The van der Waals surface area contributed by atoms with Crippen molar-refractivity contribution in [1.82, 2.24) is 15.3 Å². The Morgan fingerprint density at radius 1 is 1.08 bits per heavy atom. The van der Waals surface area contributed by atoms with Crippen LogP contribution in [0.1, 0.15) is 38.1 Å². The molecule has 0 spiro atoms. The van der Waals surface area contributed by atoms with E-state index in [0.717, 1.165) is 18.8 Å². The summed E-state index contributed by atoms with van der Waals surface area (Å²) in [6, 6.07) is 8.15. The molecule has 1 heterocycles. The molecule has 0 bridgehead atoms. The van der Waals surface area contributed by atoms with Crippen LogP contribution in [0.4, 0.5) is 17.3 Å². The molecule has 1 aromatic carbocycles. The fraction of sp³-hybridized carbons (Fsp3) is 0.421. The number of aromatic nitrogens is 2. The molecule has 0 atom stereocenters. The van der Waals surface area contributed by atoms with E-state index >= 15 is 0 Å². The molecule has 2 rings (SSSR count). The van der Waals surface area contributed by atoms with E-state index in [4.69, 9.17) is 0 Å². The first kappa shape index (κ1) is 18.7. The lowest BCUT2D eigenvalue weighted by Crippen LogP contribution is -2.27. The largest absolute Gasteiger partial charge is 0.372 e. The van der Waals surface area contributed by atoms with Crippen molar-refractivity contribution in [3.05, 3.63) is 42.2 Å². The van der Waals surface area contributed by atoms with Crippen LogP contribution in [-0.4, -0.2) is 35.5 Å². The maximum atomic E-state index is 12.0. The van der Waals surface area contributed by atoms with Gasteiger partial charge in [-0.2, -0.15) is 0 Å². The minimum absolute atomic E-state index is 0.149. The quantitative estimate of drug-likeness (QED) is 0.769. The molecule has 0 aliphatic heterocycles. The van der Waals surface area contributed by atoms with Crippen molar-refractivity contribution in [3.8, 4) is 0 Å². The molecule has 1 aromatic heterocycles. The van der Waals surface area contributed by atoms with Gasteiger partial charge >= 0.3 is 0 Å². The highest BCUT2D eigenvalue weighted by Crippen LogP contribution is 2.19. The Bertz CT molecular complexity index is 663. The summed E-state index contributed by atoms with van der Waals surface area (Å²) < 4.78 is 0. The maximum absolute atomic E-state index is 12.0. The summed E-state index contributed by atoms with van der Waals surface area (Å²) in [6.45, 7) is 11.0. The van der Waals surface area contributed by atoms with E-state index in [1.165, 1.54) is 18.1 Å². The molecule has 2 aromatic rings. The predicted octanol–water partition coefficient (Wildman–Crippen LogP) is 3.45. The summed E-state index contributed by atoms with van der Waals surface area (Å²) in [7, 11) is 0. The van der Waals surface area contributed by atoms with Gasteiger partial charge in [0.2, 0.25) is 5.95 Å². The molecule has 0 aliphatic rings. The summed E-state index contributed by atoms with van der Waals surface area (Å²) in [5, 5.41) is 6.00. The maximum Gasteiger partial charge on any atom is 0.254 e. The van der Waals surface area contributed by atoms with Gasteiger partial charge in [0.15, 0.2) is 0 Å². The smallest absolute Gasteiger partial charge is 0.254 e. The Hall–Kier alpha value is -2.63. The second-order valence-corrected chi connectivity index (χ2v) is 6.24. The average molecular weight is 341 g/mol. The average Bonchev–Trinajstić information content (AvgIpc) is 2.62. The van der Waals surface area contributed by atoms with Crippen molar-refractivity contribution in [3.63, 3.8) is 0 Å². The van der Waals surface area contributed by atoms with Gasteiger partial charge in [-0.25, -0.2) is 9.97 Å². The van der Waals surface area contributed by atoms with Gasteiger partial charge in [0.1, 0.15) is 0 Å². The van der Waals surface area contributed by atoms with Crippen LogP contribution >= 0.6 is 0 Å². The monoisotopic (exact) mass is 341 g/mol.